The number of alkyl halides is 3. The first kappa shape index (κ1) is 37.3. The Hall–Kier alpha value is -5.96. The van der Waals surface area contributed by atoms with Crippen molar-refractivity contribution in [2.45, 2.75) is 16.3 Å². The zero-order valence-corrected chi connectivity index (χ0v) is 27.0. The maximum atomic E-state index is 14.6. The van der Waals surface area contributed by atoms with E-state index >= 15 is 0 Å². The molecule has 0 radical (unpaired) electrons. The number of anilines is 2. The Morgan fingerprint density at radius 2 is 1.21 bits per heavy atom. The molecule has 0 aliphatic rings. The maximum absolute atomic E-state index is 14.6. The van der Waals surface area contributed by atoms with Crippen molar-refractivity contribution in [3.63, 3.8) is 0 Å². The van der Waals surface area contributed by atoms with Gasteiger partial charge < -0.3 is 16.0 Å². The largest absolute Gasteiger partial charge is 0.422 e. The van der Waals surface area contributed by atoms with Crippen LogP contribution in [0.1, 0.15) is 32.3 Å². The van der Waals surface area contributed by atoms with Gasteiger partial charge in [0.25, 0.3) is 11.8 Å². The third-order valence-corrected chi connectivity index (χ3v) is 8.50. The Balaban J connectivity index is 1.37. The molecule has 0 aliphatic carbocycles. The molecule has 0 spiro atoms. The van der Waals surface area contributed by atoms with Gasteiger partial charge in [-0.2, -0.15) is 13.2 Å². The number of hydrogen-bond acceptors (Lipinski definition) is 4. The van der Waals surface area contributed by atoms with Gasteiger partial charge in [0.05, 0.1) is 0 Å². The fourth-order valence-corrected chi connectivity index (χ4v) is 5.75. The Kier molecular flexibility index (Phi) is 11.4. The molecule has 5 aromatic rings. The molecule has 1 atom stereocenters. The summed E-state index contributed by atoms with van der Waals surface area (Å²) in [7, 11) is 0. The van der Waals surface area contributed by atoms with Gasteiger partial charge in [-0.25, -0.2) is 22.0 Å². The lowest BCUT2D eigenvalue weighted by Gasteiger charge is -2.19. The molecule has 0 saturated heterocycles. The van der Waals surface area contributed by atoms with Crippen LogP contribution in [-0.2, 0) is 15.8 Å². The molecule has 52 heavy (non-hydrogen) atoms. The Morgan fingerprint density at radius 1 is 0.654 bits per heavy atom. The minimum Gasteiger partial charge on any atom is -0.321 e. The predicted molar refractivity (Wildman–Crippen MR) is 178 cm³/mol. The molecule has 0 bridgehead atoms. The highest BCUT2D eigenvalue weighted by Crippen LogP contribution is 2.40. The summed E-state index contributed by atoms with van der Waals surface area (Å²) in [4.78, 5) is 39.8. The summed E-state index contributed by atoms with van der Waals surface area (Å²) >= 11 is 0.793. The molecule has 0 aromatic heterocycles. The number of halogens is 8. The number of carbonyl (C=O) groups excluding carboxylic acids is 3. The van der Waals surface area contributed by atoms with Gasteiger partial charge in [0.15, 0.2) is 23.3 Å². The smallest absolute Gasteiger partial charge is 0.321 e. The van der Waals surface area contributed by atoms with Crippen molar-refractivity contribution in [2.75, 3.05) is 10.6 Å². The lowest BCUT2D eigenvalue weighted by molar-refractivity contribution is -0.143. The molecule has 5 aromatic carbocycles. The Morgan fingerprint density at radius 3 is 1.79 bits per heavy atom. The van der Waals surface area contributed by atoms with Gasteiger partial charge in [0.2, 0.25) is 5.91 Å². The summed E-state index contributed by atoms with van der Waals surface area (Å²) < 4.78 is 111. The molecule has 6 nitrogen and oxygen atoms in total. The molecule has 0 saturated carbocycles. The highest BCUT2D eigenvalue weighted by molar-refractivity contribution is 8.00. The molecule has 3 amide bonds. The maximum Gasteiger partial charge on any atom is 0.422 e. The fourth-order valence-electron chi connectivity index (χ4n) is 4.72. The zero-order valence-electron chi connectivity index (χ0n) is 26.2. The predicted octanol–water partition coefficient (Wildman–Crippen LogP) is 9.28. The number of rotatable bonds is 10. The summed E-state index contributed by atoms with van der Waals surface area (Å²) in [6.45, 7) is 0. The van der Waals surface area contributed by atoms with Gasteiger partial charge in [0.1, 0.15) is 28.0 Å². The average molecular weight is 742 g/mol. The van der Waals surface area contributed by atoms with E-state index in [2.05, 4.69) is 10.6 Å². The van der Waals surface area contributed by atoms with Gasteiger partial charge >= 0.3 is 6.18 Å². The van der Waals surface area contributed by atoms with Crippen LogP contribution in [0.15, 0.2) is 120 Å². The monoisotopic (exact) mass is 741 g/mol. The van der Waals surface area contributed by atoms with Crippen LogP contribution in [0.3, 0.4) is 0 Å². The highest BCUT2D eigenvalue weighted by Gasteiger charge is 2.43. The van der Waals surface area contributed by atoms with E-state index in [1.165, 1.54) is 84.9 Å². The SMILES string of the molecule is O=C(Nc1ccc(SC(C(=O)Nc2c(F)c(F)c(C(F)(F)F)c(F)c2F)c2ccccc2)cc1)/C(=C/c1ccccc1F)NC(=O)c1ccccc1. The van der Waals surface area contributed by atoms with E-state index < -0.39 is 69.5 Å². The van der Waals surface area contributed by atoms with Crippen LogP contribution in [-0.4, -0.2) is 17.7 Å². The first-order valence-electron chi connectivity index (χ1n) is 14.9. The zero-order chi connectivity index (χ0) is 37.6. The minimum atomic E-state index is -5.76. The number of amides is 3. The van der Waals surface area contributed by atoms with Crippen molar-refractivity contribution in [1.29, 1.82) is 0 Å². The highest BCUT2D eigenvalue weighted by atomic mass is 32.2. The molecule has 0 aliphatic heterocycles. The average Bonchev–Trinajstić information content (AvgIpc) is 3.13. The minimum absolute atomic E-state index is 0.0134. The molecule has 15 heteroatoms. The van der Waals surface area contributed by atoms with E-state index in [9.17, 15) is 49.5 Å². The van der Waals surface area contributed by atoms with Crippen LogP contribution in [0, 0.1) is 29.1 Å². The molecule has 5 rings (SSSR count). The van der Waals surface area contributed by atoms with Crippen molar-refractivity contribution in [3.05, 3.63) is 166 Å². The van der Waals surface area contributed by atoms with Crippen LogP contribution in [0.2, 0.25) is 0 Å². The third kappa shape index (κ3) is 8.66. The topological polar surface area (TPSA) is 87.3 Å². The van der Waals surface area contributed by atoms with Crippen LogP contribution >= 0.6 is 11.8 Å². The number of nitrogens with one attached hydrogen (secondary N) is 3. The summed E-state index contributed by atoms with van der Waals surface area (Å²) in [5.41, 5.74) is -4.15. The van der Waals surface area contributed by atoms with Crippen molar-refractivity contribution in [1.82, 2.24) is 5.32 Å². The van der Waals surface area contributed by atoms with Crippen molar-refractivity contribution in [3.8, 4) is 0 Å². The second-order valence-electron chi connectivity index (χ2n) is 10.8. The summed E-state index contributed by atoms with van der Waals surface area (Å²) in [6, 6.07) is 26.7. The summed E-state index contributed by atoms with van der Waals surface area (Å²) in [6.07, 6.45) is -4.61. The van der Waals surface area contributed by atoms with Gasteiger partial charge in [-0.1, -0.05) is 66.7 Å². The third-order valence-electron chi connectivity index (χ3n) is 7.24. The van der Waals surface area contributed by atoms with Gasteiger partial charge in [-0.05, 0) is 54.1 Å². The number of carbonyl (C=O) groups is 3. The molecule has 266 valence electrons. The second kappa shape index (κ2) is 15.9. The molecular weight excluding hydrogens is 718 g/mol. The van der Waals surface area contributed by atoms with E-state index in [4.69, 9.17) is 0 Å². The number of benzene rings is 5. The van der Waals surface area contributed by atoms with Crippen molar-refractivity contribution < 1.29 is 49.5 Å². The number of thioether (sulfide) groups is 1. The summed E-state index contributed by atoms with van der Waals surface area (Å²) in [5, 5.41) is 5.37. The van der Waals surface area contributed by atoms with E-state index in [1.807, 2.05) is 0 Å². The molecule has 1 unspecified atom stereocenters. The van der Waals surface area contributed by atoms with E-state index in [0.717, 1.165) is 17.8 Å². The molecular formula is C37H23F8N3O3S. The molecule has 3 N–H and O–H groups in total. The number of hydrogen-bond donors (Lipinski definition) is 3. The quantitative estimate of drug-likeness (QED) is 0.0577. The van der Waals surface area contributed by atoms with Crippen LogP contribution < -0.4 is 16.0 Å². The summed E-state index contributed by atoms with van der Waals surface area (Å²) in [5.74, 6) is -13.7. The Bertz CT molecular complexity index is 2120. The fraction of sp³-hybridized carbons (Fsp3) is 0.0541. The van der Waals surface area contributed by atoms with Crippen LogP contribution in [0.4, 0.5) is 46.5 Å². The standard InChI is InChI=1S/C37H23F8N3O3S/c38-25-14-8-7-13-22(25)19-26(47-34(49)21-11-5-2-6-12-21)35(50)46-23-15-17-24(18-16-23)52-33(20-9-3-1-4-10-20)36(51)48-32-30(41)28(39)27(37(43,44)45)29(40)31(32)42/h1-19,33H,(H,46,50)(H,47,49)(H,48,51)/b26-19-. The van der Waals surface area contributed by atoms with Crippen LogP contribution in [0.25, 0.3) is 6.08 Å². The van der Waals surface area contributed by atoms with Gasteiger partial charge in [0, 0.05) is 21.7 Å². The molecule has 0 fully saturated rings. The molecule has 0 heterocycles. The van der Waals surface area contributed by atoms with E-state index in [0.29, 0.717) is 4.90 Å². The van der Waals surface area contributed by atoms with Gasteiger partial charge in [-0.15, -0.1) is 11.8 Å². The lowest BCUT2D eigenvalue weighted by Crippen LogP contribution is -2.30. The first-order chi connectivity index (χ1) is 24.7. The van der Waals surface area contributed by atoms with E-state index in [1.54, 1.807) is 29.6 Å². The van der Waals surface area contributed by atoms with Crippen molar-refractivity contribution in [2.24, 2.45) is 0 Å². The normalized spacial score (nSPS) is 12.2. The second-order valence-corrected chi connectivity index (χ2v) is 12.0. The van der Waals surface area contributed by atoms with Gasteiger partial charge in [-0.3, -0.25) is 14.4 Å². The van der Waals surface area contributed by atoms with E-state index in [-0.39, 0.29) is 28.1 Å². The lowest BCUT2D eigenvalue weighted by atomic mass is 10.1. The first-order valence-corrected chi connectivity index (χ1v) is 15.8. The van der Waals surface area contributed by atoms with Crippen LogP contribution in [0.5, 0.6) is 0 Å². The van der Waals surface area contributed by atoms with Crippen molar-refractivity contribution >= 4 is 46.9 Å². The Labute approximate surface area is 294 Å².